The SMILES string of the molecule is CN(Cc1ccccc1Br)c1ccc(N)cc1S(N)(=O)=O. The highest BCUT2D eigenvalue weighted by atomic mass is 79.9. The van der Waals surface area contributed by atoms with Crippen molar-refractivity contribution in [3.63, 3.8) is 0 Å². The second-order valence-corrected chi connectivity index (χ2v) is 7.10. The topological polar surface area (TPSA) is 89.4 Å². The number of hydrogen-bond donors (Lipinski definition) is 2. The van der Waals surface area contributed by atoms with Crippen LogP contribution in [0.4, 0.5) is 11.4 Å². The van der Waals surface area contributed by atoms with Crippen LogP contribution >= 0.6 is 15.9 Å². The molecule has 0 amide bonds. The highest BCUT2D eigenvalue weighted by Crippen LogP contribution is 2.28. The molecule has 0 heterocycles. The number of primary sulfonamides is 1. The molecule has 4 N–H and O–H groups in total. The summed E-state index contributed by atoms with van der Waals surface area (Å²) < 4.78 is 24.4. The summed E-state index contributed by atoms with van der Waals surface area (Å²) in [6, 6.07) is 12.4. The lowest BCUT2D eigenvalue weighted by molar-refractivity contribution is 0.597. The first kappa shape index (κ1) is 15.8. The Morgan fingerprint density at radius 2 is 1.86 bits per heavy atom. The summed E-state index contributed by atoms with van der Waals surface area (Å²) >= 11 is 3.48. The van der Waals surface area contributed by atoms with Crippen molar-refractivity contribution < 1.29 is 8.42 Å². The second kappa shape index (κ2) is 6.05. The molecular formula is C14H16BrN3O2S. The number of nitrogens with two attached hydrogens (primary N) is 2. The van der Waals surface area contributed by atoms with Crippen LogP contribution in [0.1, 0.15) is 5.56 Å². The molecule has 0 aliphatic carbocycles. The van der Waals surface area contributed by atoms with E-state index in [1.54, 1.807) is 19.2 Å². The molecule has 0 bridgehead atoms. The molecule has 0 aliphatic rings. The summed E-state index contributed by atoms with van der Waals surface area (Å²) in [5.41, 5.74) is 7.57. The lowest BCUT2D eigenvalue weighted by Gasteiger charge is -2.22. The zero-order valence-corrected chi connectivity index (χ0v) is 13.9. The maximum absolute atomic E-state index is 11.7. The van der Waals surface area contributed by atoms with Crippen LogP contribution in [0.3, 0.4) is 0 Å². The first-order valence-corrected chi connectivity index (χ1v) is 8.50. The Bertz CT molecular complexity index is 763. The minimum Gasteiger partial charge on any atom is -0.399 e. The fourth-order valence-corrected chi connectivity index (χ4v) is 3.27. The Labute approximate surface area is 132 Å². The molecule has 0 unspecified atom stereocenters. The van der Waals surface area contributed by atoms with Crippen molar-refractivity contribution in [2.24, 2.45) is 5.14 Å². The van der Waals surface area contributed by atoms with Crippen LogP contribution in [0.2, 0.25) is 0 Å². The molecule has 2 aromatic carbocycles. The molecule has 5 nitrogen and oxygen atoms in total. The van der Waals surface area contributed by atoms with Gasteiger partial charge in [-0.25, -0.2) is 13.6 Å². The molecule has 2 rings (SSSR count). The minimum atomic E-state index is -3.84. The Morgan fingerprint density at radius 3 is 2.48 bits per heavy atom. The molecule has 0 atom stereocenters. The molecule has 0 saturated heterocycles. The molecule has 0 spiro atoms. The van der Waals surface area contributed by atoms with Gasteiger partial charge < -0.3 is 10.6 Å². The summed E-state index contributed by atoms with van der Waals surface area (Å²) in [6.07, 6.45) is 0. The van der Waals surface area contributed by atoms with E-state index in [0.29, 0.717) is 17.9 Å². The van der Waals surface area contributed by atoms with Gasteiger partial charge in [0.1, 0.15) is 4.90 Å². The Morgan fingerprint density at radius 1 is 1.19 bits per heavy atom. The van der Waals surface area contributed by atoms with Gasteiger partial charge in [-0.1, -0.05) is 34.1 Å². The van der Waals surface area contributed by atoms with Gasteiger partial charge in [0, 0.05) is 23.8 Å². The van der Waals surface area contributed by atoms with E-state index in [2.05, 4.69) is 15.9 Å². The molecule has 0 aromatic heterocycles. The molecule has 0 radical (unpaired) electrons. The van der Waals surface area contributed by atoms with Crippen LogP contribution in [-0.4, -0.2) is 15.5 Å². The van der Waals surface area contributed by atoms with Crippen molar-refractivity contribution in [2.45, 2.75) is 11.4 Å². The van der Waals surface area contributed by atoms with Crippen molar-refractivity contribution in [1.29, 1.82) is 0 Å². The molecule has 7 heteroatoms. The summed E-state index contributed by atoms with van der Waals surface area (Å²) in [4.78, 5) is 1.84. The van der Waals surface area contributed by atoms with Crippen molar-refractivity contribution in [3.05, 3.63) is 52.5 Å². The van der Waals surface area contributed by atoms with E-state index in [9.17, 15) is 8.42 Å². The average molecular weight is 370 g/mol. The van der Waals surface area contributed by atoms with Gasteiger partial charge in [0.2, 0.25) is 10.0 Å². The maximum Gasteiger partial charge on any atom is 0.240 e. The number of rotatable bonds is 4. The monoisotopic (exact) mass is 369 g/mol. The summed E-state index contributed by atoms with van der Waals surface area (Å²) in [7, 11) is -2.03. The predicted octanol–water partition coefficient (Wildman–Crippen LogP) is 2.32. The summed E-state index contributed by atoms with van der Waals surface area (Å²) in [5.74, 6) is 0. The maximum atomic E-state index is 11.7. The van der Waals surface area contributed by atoms with Gasteiger partial charge in [0.15, 0.2) is 0 Å². The van der Waals surface area contributed by atoms with E-state index >= 15 is 0 Å². The molecule has 0 fully saturated rings. The van der Waals surface area contributed by atoms with Crippen LogP contribution in [0.25, 0.3) is 0 Å². The largest absolute Gasteiger partial charge is 0.399 e. The molecular weight excluding hydrogens is 354 g/mol. The van der Waals surface area contributed by atoms with Crippen LogP contribution < -0.4 is 15.8 Å². The number of benzene rings is 2. The Hall–Kier alpha value is -1.57. The second-order valence-electron chi connectivity index (χ2n) is 4.72. The summed E-state index contributed by atoms with van der Waals surface area (Å²) in [6.45, 7) is 0.536. The molecule has 2 aromatic rings. The van der Waals surface area contributed by atoms with Gasteiger partial charge in [-0.2, -0.15) is 0 Å². The van der Waals surface area contributed by atoms with Gasteiger partial charge in [0.05, 0.1) is 5.69 Å². The smallest absolute Gasteiger partial charge is 0.240 e. The Kier molecular flexibility index (Phi) is 4.55. The normalized spacial score (nSPS) is 11.4. The predicted molar refractivity (Wildman–Crippen MR) is 88.5 cm³/mol. The third kappa shape index (κ3) is 3.75. The first-order chi connectivity index (χ1) is 9.79. The van der Waals surface area contributed by atoms with Crippen LogP contribution in [0.15, 0.2) is 51.8 Å². The Balaban J connectivity index is 2.40. The third-order valence-electron chi connectivity index (χ3n) is 3.07. The summed E-state index contributed by atoms with van der Waals surface area (Å²) in [5, 5.41) is 5.27. The van der Waals surface area contributed by atoms with Gasteiger partial charge in [-0.05, 0) is 29.8 Å². The first-order valence-electron chi connectivity index (χ1n) is 6.16. The zero-order valence-electron chi connectivity index (χ0n) is 11.5. The number of nitrogens with zero attached hydrogens (tertiary/aromatic N) is 1. The number of sulfonamides is 1. The third-order valence-corrected chi connectivity index (χ3v) is 4.78. The number of anilines is 2. The van der Waals surface area contributed by atoms with E-state index in [0.717, 1.165) is 10.0 Å². The molecule has 112 valence electrons. The average Bonchev–Trinajstić information content (AvgIpc) is 2.40. The highest BCUT2D eigenvalue weighted by molar-refractivity contribution is 9.10. The van der Waals surface area contributed by atoms with Gasteiger partial charge in [-0.15, -0.1) is 0 Å². The van der Waals surface area contributed by atoms with Gasteiger partial charge in [0.25, 0.3) is 0 Å². The van der Waals surface area contributed by atoms with E-state index in [1.165, 1.54) is 6.07 Å². The number of halogens is 1. The van der Waals surface area contributed by atoms with Crippen LogP contribution in [0, 0.1) is 0 Å². The van der Waals surface area contributed by atoms with E-state index < -0.39 is 10.0 Å². The number of hydrogen-bond acceptors (Lipinski definition) is 4. The molecule has 21 heavy (non-hydrogen) atoms. The van der Waals surface area contributed by atoms with Crippen LogP contribution in [-0.2, 0) is 16.6 Å². The number of nitrogen functional groups attached to an aromatic ring is 1. The molecule has 0 saturated carbocycles. The van der Waals surface area contributed by atoms with E-state index in [4.69, 9.17) is 10.9 Å². The van der Waals surface area contributed by atoms with E-state index in [-0.39, 0.29) is 4.90 Å². The fraction of sp³-hybridized carbons (Fsp3) is 0.143. The highest BCUT2D eigenvalue weighted by Gasteiger charge is 2.17. The fourth-order valence-electron chi connectivity index (χ4n) is 2.04. The van der Waals surface area contributed by atoms with Gasteiger partial charge >= 0.3 is 0 Å². The quantitative estimate of drug-likeness (QED) is 0.809. The van der Waals surface area contributed by atoms with Crippen molar-refractivity contribution >= 4 is 37.3 Å². The van der Waals surface area contributed by atoms with Gasteiger partial charge in [-0.3, -0.25) is 0 Å². The standard InChI is InChI=1S/C14H16BrN3O2S/c1-18(9-10-4-2-3-5-12(10)15)13-7-6-11(16)8-14(13)21(17,19)20/h2-8H,9,16H2,1H3,(H2,17,19,20). The van der Waals surface area contributed by atoms with Crippen molar-refractivity contribution in [1.82, 2.24) is 0 Å². The van der Waals surface area contributed by atoms with Crippen molar-refractivity contribution in [2.75, 3.05) is 17.7 Å². The van der Waals surface area contributed by atoms with Crippen LogP contribution in [0.5, 0.6) is 0 Å². The van der Waals surface area contributed by atoms with E-state index in [1.807, 2.05) is 29.2 Å². The lowest BCUT2D eigenvalue weighted by Crippen LogP contribution is -2.22. The van der Waals surface area contributed by atoms with Crippen molar-refractivity contribution in [3.8, 4) is 0 Å². The molecule has 0 aliphatic heterocycles. The minimum absolute atomic E-state index is 0.0250. The zero-order chi connectivity index (χ0) is 15.6. The lowest BCUT2D eigenvalue weighted by atomic mass is 10.2.